The van der Waals surface area contributed by atoms with Gasteiger partial charge in [0.15, 0.2) is 0 Å². The third kappa shape index (κ3) is 4.35. The normalized spacial score (nSPS) is 18.5. The fourth-order valence-electron chi connectivity index (χ4n) is 2.72. The molecule has 1 fully saturated rings. The molecule has 1 aromatic rings. The van der Waals surface area contributed by atoms with Gasteiger partial charge in [0.1, 0.15) is 0 Å². The molecular formula is C15H22Cl2N2. The molecule has 0 bridgehead atoms. The topological polar surface area (TPSA) is 15.3 Å². The summed E-state index contributed by atoms with van der Waals surface area (Å²) in [5.41, 5.74) is 1.26. The van der Waals surface area contributed by atoms with Crippen molar-refractivity contribution < 1.29 is 0 Å². The molecule has 0 saturated carbocycles. The highest BCUT2D eigenvalue weighted by molar-refractivity contribution is 6.34. The molecule has 106 valence electrons. The minimum absolute atomic E-state index is 0.443. The number of halogens is 2. The van der Waals surface area contributed by atoms with E-state index in [1.54, 1.807) is 6.07 Å². The molecule has 1 N–H and O–H groups in total. The number of hydrogen-bond donors (Lipinski definition) is 1. The van der Waals surface area contributed by atoms with Gasteiger partial charge in [0.05, 0.1) is 0 Å². The van der Waals surface area contributed by atoms with Gasteiger partial charge in [0, 0.05) is 42.3 Å². The minimum Gasteiger partial charge on any atom is -0.314 e. The van der Waals surface area contributed by atoms with E-state index in [0.717, 1.165) is 36.2 Å². The largest absolute Gasteiger partial charge is 0.314 e. The zero-order valence-corrected chi connectivity index (χ0v) is 13.0. The first-order chi connectivity index (χ1) is 9.20. The van der Waals surface area contributed by atoms with E-state index >= 15 is 0 Å². The fourth-order valence-corrected chi connectivity index (χ4v) is 3.26. The first-order valence-corrected chi connectivity index (χ1v) is 7.87. The Bertz CT molecular complexity index is 383. The van der Waals surface area contributed by atoms with Gasteiger partial charge in [-0.05, 0) is 30.2 Å². The summed E-state index contributed by atoms with van der Waals surface area (Å²) in [7, 11) is 0. The molecule has 4 heteroatoms. The lowest BCUT2D eigenvalue weighted by molar-refractivity contribution is 0.163. The molecule has 2 rings (SSSR count). The second-order valence-corrected chi connectivity index (χ2v) is 6.02. The van der Waals surface area contributed by atoms with Crippen molar-refractivity contribution in [1.29, 1.82) is 0 Å². The van der Waals surface area contributed by atoms with Crippen molar-refractivity contribution >= 4 is 23.2 Å². The van der Waals surface area contributed by atoms with Gasteiger partial charge in [-0.3, -0.25) is 4.90 Å². The van der Waals surface area contributed by atoms with Gasteiger partial charge in [-0.25, -0.2) is 0 Å². The molecule has 2 nitrogen and oxygen atoms in total. The maximum atomic E-state index is 6.15. The molecule has 1 saturated heterocycles. The van der Waals surface area contributed by atoms with Crippen LogP contribution in [0.3, 0.4) is 0 Å². The smallest absolute Gasteiger partial charge is 0.0424 e. The van der Waals surface area contributed by atoms with Gasteiger partial charge in [-0.1, -0.05) is 43.0 Å². The number of benzene rings is 1. The SMILES string of the molecule is CCCC[C@H](c1cc(Cl)cc(Cl)c1)N1CCNCC1. The summed E-state index contributed by atoms with van der Waals surface area (Å²) in [4.78, 5) is 2.55. The molecule has 19 heavy (non-hydrogen) atoms. The fraction of sp³-hybridized carbons (Fsp3) is 0.600. The Morgan fingerprint density at radius 1 is 1.16 bits per heavy atom. The molecule has 0 aliphatic carbocycles. The zero-order valence-electron chi connectivity index (χ0n) is 11.5. The van der Waals surface area contributed by atoms with Gasteiger partial charge >= 0.3 is 0 Å². The summed E-state index contributed by atoms with van der Waals surface area (Å²) in [5.74, 6) is 0. The molecule has 1 aliphatic heterocycles. The van der Waals surface area contributed by atoms with E-state index in [0.29, 0.717) is 6.04 Å². The van der Waals surface area contributed by atoms with Gasteiger partial charge < -0.3 is 5.32 Å². The molecule has 1 aromatic carbocycles. The van der Waals surface area contributed by atoms with Crippen molar-refractivity contribution in [3.05, 3.63) is 33.8 Å². The third-order valence-corrected chi connectivity index (χ3v) is 4.13. The second kappa shape index (κ2) is 7.49. The maximum Gasteiger partial charge on any atom is 0.0424 e. The highest BCUT2D eigenvalue weighted by Gasteiger charge is 2.22. The standard InChI is InChI=1S/C15H22Cl2N2/c1-2-3-4-15(19-7-5-18-6-8-19)12-9-13(16)11-14(17)10-12/h9-11,15,18H,2-8H2,1H3/t15-/m1/s1. The Labute approximate surface area is 126 Å². The summed E-state index contributed by atoms with van der Waals surface area (Å²) < 4.78 is 0. The highest BCUT2D eigenvalue weighted by Crippen LogP contribution is 2.31. The summed E-state index contributed by atoms with van der Waals surface area (Å²) in [5, 5.41) is 4.88. The molecule has 0 amide bonds. The summed E-state index contributed by atoms with van der Waals surface area (Å²) in [6.07, 6.45) is 3.63. The number of hydrogen-bond acceptors (Lipinski definition) is 2. The van der Waals surface area contributed by atoms with Crippen molar-refractivity contribution in [3.8, 4) is 0 Å². The van der Waals surface area contributed by atoms with Crippen LogP contribution in [0.5, 0.6) is 0 Å². The van der Waals surface area contributed by atoms with Crippen LogP contribution >= 0.6 is 23.2 Å². The van der Waals surface area contributed by atoms with Crippen LogP contribution in [-0.4, -0.2) is 31.1 Å². The average Bonchev–Trinajstić information content (AvgIpc) is 2.39. The molecule has 0 radical (unpaired) electrons. The van der Waals surface area contributed by atoms with E-state index in [2.05, 4.69) is 29.3 Å². The third-order valence-electron chi connectivity index (χ3n) is 3.69. The van der Waals surface area contributed by atoms with Crippen molar-refractivity contribution in [2.24, 2.45) is 0 Å². The van der Waals surface area contributed by atoms with E-state index in [1.165, 1.54) is 24.8 Å². The molecule has 1 atom stereocenters. The van der Waals surface area contributed by atoms with E-state index in [9.17, 15) is 0 Å². The Kier molecular flexibility index (Phi) is 5.96. The predicted molar refractivity (Wildman–Crippen MR) is 83.2 cm³/mol. The summed E-state index contributed by atoms with van der Waals surface area (Å²) in [6, 6.07) is 6.38. The summed E-state index contributed by atoms with van der Waals surface area (Å²) >= 11 is 12.3. The number of nitrogens with zero attached hydrogens (tertiary/aromatic N) is 1. The monoisotopic (exact) mass is 300 g/mol. The van der Waals surface area contributed by atoms with E-state index in [-0.39, 0.29) is 0 Å². The molecule has 0 unspecified atom stereocenters. The van der Waals surface area contributed by atoms with E-state index in [1.807, 2.05) is 0 Å². The van der Waals surface area contributed by atoms with Crippen LogP contribution in [0.4, 0.5) is 0 Å². The van der Waals surface area contributed by atoms with Crippen LogP contribution in [0.25, 0.3) is 0 Å². The second-order valence-electron chi connectivity index (χ2n) is 5.15. The average molecular weight is 301 g/mol. The number of rotatable bonds is 5. The van der Waals surface area contributed by atoms with Crippen molar-refractivity contribution in [1.82, 2.24) is 10.2 Å². The Morgan fingerprint density at radius 2 is 1.79 bits per heavy atom. The van der Waals surface area contributed by atoms with Crippen LogP contribution in [0, 0.1) is 0 Å². The highest BCUT2D eigenvalue weighted by atomic mass is 35.5. The molecule has 0 aromatic heterocycles. The number of nitrogens with one attached hydrogen (secondary N) is 1. The molecule has 0 spiro atoms. The first-order valence-electron chi connectivity index (χ1n) is 7.11. The Hall–Kier alpha value is -0.280. The van der Waals surface area contributed by atoms with Crippen LogP contribution in [0.15, 0.2) is 18.2 Å². The van der Waals surface area contributed by atoms with Crippen molar-refractivity contribution in [2.45, 2.75) is 32.2 Å². The zero-order chi connectivity index (χ0) is 13.7. The van der Waals surface area contributed by atoms with Gasteiger partial charge in [-0.2, -0.15) is 0 Å². The van der Waals surface area contributed by atoms with Gasteiger partial charge in [-0.15, -0.1) is 0 Å². The quantitative estimate of drug-likeness (QED) is 0.879. The van der Waals surface area contributed by atoms with Crippen LogP contribution in [0.2, 0.25) is 10.0 Å². The van der Waals surface area contributed by atoms with Gasteiger partial charge in [0.2, 0.25) is 0 Å². The van der Waals surface area contributed by atoms with Gasteiger partial charge in [0.25, 0.3) is 0 Å². The molecule has 1 heterocycles. The van der Waals surface area contributed by atoms with Crippen LogP contribution in [-0.2, 0) is 0 Å². The molecule has 1 aliphatic rings. The minimum atomic E-state index is 0.443. The maximum absolute atomic E-state index is 6.15. The van der Waals surface area contributed by atoms with Crippen LogP contribution in [0.1, 0.15) is 37.8 Å². The van der Waals surface area contributed by atoms with Crippen LogP contribution < -0.4 is 5.32 Å². The number of piperazine rings is 1. The lowest BCUT2D eigenvalue weighted by Gasteiger charge is -2.35. The summed E-state index contributed by atoms with van der Waals surface area (Å²) in [6.45, 7) is 6.56. The Morgan fingerprint density at radius 3 is 2.37 bits per heavy atom. The number of unbranched alkanes of at least 4 members (excludes halogenated alkanes) is 1. The molecular weight excluding hydrogens is 279 g/mol. The Balaban J connectivity index is 2.19. The lowest BCUT2D eigenvalue weighted by atomic mass is 9.99. The van der Waals surface area contributed by atoms with E-state index < -0.39 is 0 Å². The lowest BCUT2D eigenvalue weighted by Crippen LogP contribution is -2.45. The first kappa shape index (κ1) is 15.1. The van der Waals surface area contributed by atoms with Crippen molar-refractivity contribution in [2.75, 3.05) is 26.2 Å². The predicted octanol–water partition coefficient (Wildman–Crippen LogP) is 4.13. The van der Waals surface area contributed by atoms with E-state index in [4.69, 9.17) is 23.2 Å². The van der Waals surface area contributed by atoms with Crippen molar-refractivity contribution in [3.63, 3.8) is 0 Å².